The van der Waals surface area contributed by atoms with Crippen molar-refractivity contribution in [2.24, 2.45) is 0 Å². The van der Waals surface area contributed by atoms with Crippen LogP contribution in [0.4, 0.5) is 0 Å². The van der Waals surface area contributed by atoms with Crippen molar-refractivity contribution in [1.82, 2.24) is 9.97 Å². The summed E-state index contributed by atoms with van der Waals surface area (Å²) in [6.07, 6.45) is 4.50. The Morgan fingerprint density at radius 1 is 1.20 bits per heavy atom. The average molecular weight is 292 g/mol. The van der Waals surface area contributed by atoms with Crippen LogP contribution in [-0.4, -0.2) is 18.4 Å². The summed E-state index contributed by atoms with van der Waals surface area (Å²) < 4.78 is 30.1. The van der Waals surface area contributed by atoms with Crippen LogP contribution < -0.4 is 4.74 Å². The summed E-state index contributed by atoms with van der Waals surface area (Å²) in [7, 11) is -3.41. The first-order chi connectivity index (χ1) is 9.56. The second kappa shape index (κ2) is 5.58. The third-order valence-electron chi connectivity index (χ3n) is 2.74. The van der Waals surface area contributed by atoms with Gasteiger partial charge in [-0.05, 0) is 19.1 Å². The van der Waals surface area contributed by atoms with Crippen LogP contribution in [0.3, 0.4) is 0 Å². The molecule has 0 amide bonds. The van der Waals surface area contributed by atoms with Crippen molar-refractivity contribution in [2.45, 2.75) is 31.4 Å². The molecule has 1 aliphatic heterocycles. The molecule has 0 aromatic carbocycles. The zero-order valence-electron chi connectivity index (χ0n) is 11.6. The maximum Gasteiger partial charge on any atom is 0.186 e. The molecule has 6 heteroatoms. The molecule has 106 valence electrons. The molecular weight excluding hydrogens is 276 g/mol. The van der Waals surface area contributed by atoms with Crippen molar-refractivity contribution in [3.05, 3.63) is 42.0 Å². The Balaban J connectivity index is 0.000000704. The Kier molecular flexibility index (Phi) is 4.04. The van der Waals surface area contributed by atoms with E-state index >= 15 is 0 Å². The molecular formula is C14H16N2O3S. The lowest BCUT2D eigenvalue weighted by Crippen LogP contribution is -2.04. The zero-order valence-corrected chi connectivity index (χ0v) is 12.4. The van der Waals surface area contributed by atoms with E-state index in [1.165, 1.54) is 18.5 Å². The topological polar surface area (TPSA) is 69.2 Å². The molecule has 1 aliphatic rings. The van der Waals surface area contributed by atoms with Crippen molar-refractivity contribution in [3.8, 4) is 11.5 Å². The summed E-state index contributed by atoms with van der Waals surface area (Å²) >= 11 is 0. The summed E-state index contributed by atoms with van der Waals surface area (Å²) in [5.41, 5.74) is 1.25. The number of hydrogen-bond donors (Lipinski definition) is 0. The molecule has 0 radical (unpaired) electrons. The molecule has 3 heterocycles. The summed E-state index contributed by atoms with van der Waals surface area (Å²) in [6, 6.07) is 3.18. The predicted molar refractivity (Wildman–Crippen MR) is 75.5 cm³/mol. The minimum atomic E-state index is -3.41. The van der Waals surface area contributed by atoms with Gasteiger partial charge in [0.1, 0.15) is 10.6 Å². The number of rotatable bonds is 0. The Morgan fingerprint density at radius 3 is 2.70 bits per heavy atom. The van der Waals surface area contributed by atoms with Crippen LogP contribution in [0.2, 0.25) is 0 Å². The molecule has 0 spiro atoms. The van der Waals surface area contributed by atoms with Gasteiger partial charge in [0, 0.05) is 17.5 Å². The molecule has 2 aromatic rings. The van der Waals surface area contributed by atoms with Crippen LogP contribution in [-0.2, 0) is 15.6 Å². The summed E-state index contributed by atoms with van der Waals surface area (Å²) in [5, 5.41) is 0. The number of hydrogen-bond acceptors (Lipinski definition) is 5. The van der Waals surface area contributed by atoms with Gasteiger partial charge in [-0.3, -0.25) is 9.97 Å². The Hall–Kier alpha value is -1.95. The molecule has 0 saturated carbocycles. The molecule has 2 aromatic heterocycles. The van der Waals surface area contributed by atoms with E-state index in [2.05, 4.69) is 9.97 Å². The van der Waals surface area contributed by atoms with Gasteiger partial charge in [0.05, 0.1) is 18.1 Å². The summed E-state index contributed by atoms with van der Waals surface area (Å²) in [6.45, 7) is 5.75. The number of aromatic nitrogens is 2. The van der Waals surface area contributed by atoms with Crippen LogP contribution >= 0.6 is 0 Å². The summed E-state index contributed by atoms with van der Waals surface area (Å²) in [5.74, 6) is 0.638. The molecule has 5 nitrogen and oxygen atoms in total. The zero-order chi connectivity index (χ0) is 14.8. The SMILES string of the molecule is CC.Cc1cc2c(cn1)Oc1cnccc1CS2(=O)=O. The van der Waals surface area contributed by atoms with E-state index in [1.807, 2.05) is 13.8 Å². The van der Waals surface area contributed by atoms with Crippen molar-refractivity contribution < 1.29 is 13.2 Å². The highest BCUT2D eigenvalue weighted by Crippen LogP contribution is 2.36. The fraction of sp³-hybridized carbons (Fsp3) is 0.286. The van der Waals surface area contributed by atoms with E-state index in [-0.39, 0.29) is 16.4 Å². The van der Waals surface area contributed by atoms with E-state index in [4.69, 9.17) is 4.74 Å². The highest BCUT2D eigenvalue weighted by atomic mass is 32.2. The standard InChI is InChI=1S/C12H10N2O3S.C2H6/c1-8-4-12-11(6-14-8)17-10-5-13-3-2-9(10)7-18(12,15)16;1-2/h2-6H,7H2,1H3;1-2H3. The largest absolute Gasteiger partial charge is 0.452 e. The Morgan fingerprint density at radius 2 is 1.95 bits per heavy atom. The van der Waals surface area contributed by atoms with Gasteiger partial charge in [-0.1, -0.05) is 13.8 Å². The smallest absolute Gasteiger partial charge is 0.186 e. The molecule has 20 heavy (non-hydrogen) atoms. The van der Waals surface area contributed by atoms with Gasteiger partial charge in [0.15, 0.2) is 15.6 Å². The first kappa shape index (κ1) is 14.5. The van der Waals surface area contributed by atoms with Gasteiger partial charge in [-0.2, -0.15) is 0 Å². The number of aryl methyl sites for hydroxylation is 1. The molecule has 0 aliphatic carbocycles. The van der Waals surface area contributed by atoms with E-state index in [0.29, 0.717) is 17.0 Å². The van der Waals surface area contributed by atoms with Crippen LogP contribution in [0.1, 0.15) is 25.1 Å². The van der Waals surface area contributed by atoms with E-state index in [1.54, 1.807) is 19.2 Å². The normalized spacial score (nSPS) is 14.8. The van der Waals surface area contributed by atoms with Gasteiger partial charge in [0.25, 0.3) is 0 Å². The van der Waals surface area contributed by atoms with Crippen LogP contribution in [0.25, 0.3) is 0 Å². The second-order valence-electron chi connectivity index (χ2n) is 4.12. The predicted octanol–water partition coefficient (Wildman–Crippen LogP) is 2.89. The van der Waals surface area contributed by atoms with Gasteiger partial charge in [0.2, 0.25) is 0 Å². The lowest BCUT2D eigenvalue weighted by atomic mass is 10.3. The van der Waals surface area contributed by atoms with Crippen LogP contribution in [0.15, 0.2) is 35.6 Å². The maximum atomic E-state index is 12.3. The maximum absolute atomic E-state index is 12.3. The monoisotopic (exact) mass is 292 g/mol. The van der Waals surface area contributed by atoms with Crippen molar-refractivity contribution in [1.29, 1.82) is 0 Å². The molecule has 0 bridgehead atoms. The Bertz CT molecular complexity index is 727. The number of fused-ring (bicyclic) bond motifs is 2. The second-order valence-corrected chi connectivity index (χ2v) is 6.07. The fourth-order valence-corrected chi connectivity index (χ4v) is 3.42. The molecule has 0 fully saturated rings. The summed E-state index contributed by atoms with van der Waals surface area (Å²) in [4.78, 5) is 8.19. The highest BCUT2D eigenvalue weighted by Gasteiger charge is 2.27. The van der Waals surface area contributed by atoms with Gasteiger partial charge in [-0.25, -0.2) is 8.42 Å². The van der Waals surface area contributed by atoms with Crippen LogP contribution in [0, 0.1) is 6.92 Å². The average Bonchev–Trinajstić information content (AvgIpc) is 2.55. The molecule has 0 saturated heterocycles. The fourth-order valence-electron chi connectivity index (χ4n) is 1.86. The van der Waals surface area contributed by atoms with E-state index < -0.39 is 9.84 Å². The van der Waals surface area contributed by atoms with Gasteiger partial charge < -0.3 is 4.74 Å². The number of ether oxygens (including phenoxy) is 1. The van der Waals surface area contributed by atoms with Crippen LogP contribution in [0.5, 0.6) is 11.5 Å². The number of pyridine rings is 2. The van der Waals surface area contributed by atoms with E-state index in [9.17, 15) is 8.42 Å². The third-order valence-corrected chi connectivity index (χ3v) is 4.42. The van der Waals surface area contributed by atoms with Crippen molar-refractivity contribution >= 4 is 9.84 Å². The van der Waals surface area contributed by atoms with Crippen molar-refractivity contribution in [2.75, 3.05) is 0 Å². The quantitative estimate of drug-likeness (QED) is 0.746. The first-order valence-electron chi connectivity index (χ1n) is 6.36. The Labute approximate surface area is 118 Å². The van der Waals surface area contributed by atoms with Crippen molar-refractivity contribution in [3.63, 3.8) is 0 Å². The minimum absolute atomic E-state index is 0.0820. The lowest BCUT2D eigenvalue weighted by molar-refractivity contribution is 0.463. The highest BCUT2D eigenvalue weighted by molar-refractivity contribution is 7.90. The molecule has 0 N–H and O–H groups in total. The van der Waals surface area contributed by atoms with Gasteiger partial charge in [-0.15, -0.1) is 0 Å². The minimum Gasteiger partial charge on any atom is -0.452 e. The lowest BCUT2D eigenvalue weighted by Gasteiger charge is -2.06. The first-order valence-corrected chi connectivity index (χ1v) is 8.02. The van der Waals surface area contributed by atoms with Gasteiger partial charge >= 0.3 is 0 Å². The van der Waals surface area contributed by atoms with E-state index in [0.717, 1.165) is 0 Å². The third kappa shape index (κ3) is 2.65. The number of nitrogens with zero attached hydrogens (tertiary/aromatic N) is 2. The number of sulfone groups is 1. The molecule has 0 unspecified atom stereocenters. The molecule has 0 atom stereocenters. The molecule has 3 rings (SSSR count).